The number of hydrogen-bond donors (Lipinski definition) is 1. The Morgan fingerprint density at radius 3 is 2.48 bits per heavy atom. The van der Waals surface area contributed by atoms with Crippen molar-refractivity contribution in [2.24, 2.45) is 11.8 Å². The second-order valence-corrected chi connectivity index (χ2v) is 8.61. The molecule has 0 unspecified atom stereocenters. The molecule has 23 heavy (non-hydrogen) atoms. The van der Waals surface area contributed by atoms with Gasteiger partial charge in [-0.15, -0.1) is 0 Å². The van der Waals surface area contributed by atoms with E-state index in [-0.39, 0.29) is 10.8 Å². The van der Waals surface area contributed by atoms with Gasteiger partial charge in [0.05, 0.1) is 10.6 Å². The van der Waals surface area contributed by atoms with Crippen molar-refractivity contribution in [2.75, 3.05) is 18.4 Å². The third kappa shape index (κ3) is 3.07. The quantitative estimate of drug-likeness (QED) is 0.896. The molecule has 1 aromatic carbocycles. The topological polar surface area (TPSA) is 75.7 Å². The van der Waals surface area contributed by atoms with E-state index >= 15 is 0 Å². The molecule has 2 heterocycles. The van der Waals surface area contributed by atoms with E-state index in [0.29, 0.717) is 36.4 Å². The van der Waals surface area contributed by atoms with Crippen molar-refractivity contribution < 1.29 is 17.9 Å². The van der Waals surface area contributed by atoms with Crippen molar-refractivity contribution >= 4 is 21.6 Å². The normalized spacial score (nSPS) is 28.7. The van der Waals surface area contributed by atoms with Crippen molar-refractivity contribution in [2.45, 2.75) is 38.2 Å². The van der Waals surface area contributed by atoms with Crippen LogP contribution in [0, 0.1) is 11.8 Å². The van der Waals surface area contributed by atoms with E-state index in [2.05, 4.69) is 19.2 Å². The Bertz CT molecular complexity index is 722. The maximum Gasteiger partial charge on any atom is 0.265 e. The fourth-order valence-corrected chi connectivity index (χ4v) is 4.99. The van der Waals surface area contributed by atoms with Gasteiger partial charge < -0.3 is 10.1 Å². The molecule has 1 amide bonds. The number of fused-ring (bicyclic) bond motifs is 1. The summed E-state index contributed by atoms with van der Waals surface area (Å²) in [6.45, 7) is 6.86. The van der Waals surface area contributed by atoms with Gasteiger partial charge in [0, 0.05) is 19.2 Å². The summed E-state index contributed by atoms with van der Waals surface area (Å²) in [5.74, 6) is 0.867. The molecule has 0 bridgehead atoms. The van der Waals surface area contributed by atoms with Crippen LogP contribution in [0.15, 0.2) is 23.1 Å². The minimum atomic E-state index is -3.55. The number of carbonyl (C=O) groups excluding carboxylic acids is 1. The summed E-state index contributed by atoms with van der Waals surface area (Å²) < 4.78 is 32.9. The average Bonchev–Trinajstić information content (AvgIpc) is 2.47. The van der Waals surface area contributed by atoms with Crippen LogP contribution in [0.2, 0.25) is 0 Å². The van der Waals surface area contributed by atoms with Crippen molar-refractivity contribution in [1.29, 1.82) is 0 Å². The molecule has 0 aliphatic carbocycles. The Balaban J connectivity index is 1.92. The highest BCUT2D eigenvalue weighted by atomic mass is 32.2. The van der Waals surface area contributed by atoms with Crippen LogP contribution in [-0.4, -0.2) is 37.8 Å². The predicted molar refractivity (Wildman–Crippen MR) is 86.9 cm³/mol. The largest absolute Gasteiger partial charge is 0.479 e. The molecule has 0 saturated carbocycles. The van der Waals surface area contributed by atoms with E-state index in [1.807, 2.05) is 0 Å². The molecule has 3 rings (SSSR count). The molecule has 6 nitrogen and oxygen atoms in total. The van der Waals surface area contributed by atoms with E-state index < -0.39 is 16.1 Å². The average molecular weight is 338 g/mol. The zero-order chi connectivity index (χ0) is 16.8. The van der Waals surface area contributed by atoms with Crippen LogP contribution in [0.3, 0.4) is 0 Å². The van der Waals surface area contributed by atoms with Crippen LogP contribution < -0.4 is 10.1 Å². The van der Waals surface area contributed by atoms with Gasteiger partial charge >= 0.3 is 0 Å². The molecule has 126 valence electrons. The van der Waals surface area contributed by atoms with E-state index in [9.17, 15) is 13.2 Å². The zero-order valence-corrected chi connectivity index (χ0v) is 14.4. The summed E-state index contributed by atoms with van der Waals surface area (Å²) in [6, 6.07) is 4.62. The van der Waals surface area contributed by atoms with Gasteiger partial charge in [-0.3, -0.25) is 4.79 Å². The van der Waals surface area contributed by atoms with E-state index in [1.54, 1.807) is 17.3 Å². The summed E-state index contributed by atoms with van der Waals surface area (Å²) in [5, 5.41) is 2.71. The molecular weight excluding hydrogens is 316 g/mol. The highest BCUT2D eigenvalue weighted by Crippen LogP contribution is 2.34. The third-order valence-corrected chi connectivity index (χ3v) is 6.18. The maximum atomic E-state index is 12.9. The number of hydrogen-bond acceptors (Lipinski definition) is 4. The first-order valence-electron chi connectivity index (χ1n) is 7.89. The third-order valence-electron chi connectivity index (χ3n) is 4.36. The molecule has 0 spiro atoms. The Labute approximate surface area is 136 Å². The number of rotatable bonds is 2. The molecule has 3 atom stereocenters. The first-order valence-corrected chi connectivity index (χ1v) is 9.33. The SMILES string of the molecule is C[C@@H]1C[C@H](C)CN(S(=O)(=O)c2ccc3c(c2)O[C@H](C)C(=O)N3)C1. The number of piperidine rings is 1. The van der Waals surface area contributed by atoms with E-state index in [0.717, 1.165) is 6.42 Å². The van der Waals surface area contributed by atoms with Crippen LogP contribution in [0.25, 0.3) is 0 Å². The number of anilines is 1. The number of amides is 1. The number of nitrogens with one attached hydrogen (secondary N) is 1. The molecule has 0 aromatic heterocycles. The van der Waals surface area contributed by atoms with E-state index in [1.165, 1.54) is 12.1 Å². The summed E-state index contributed by atoms with van der Waals surface area (Å²) in [7, 11) is -3.55. The number of carbonyl (C=O) groups is 1. The lowest BCUT2D eigenvalue weighted by molar-refractivity contribution is -0.122. The molecule has 2 aliphatic heterocycles. The number of nitrogens with zero attached hydrogens (tertiary/aromatic N) is 1. The summed E-state index contributed by atoms with van der Waals surface area (Å²) >= 11 is 0. The molecule has 1 saturated heterocycles. The Morgan fingerprint density at radius 2 is 1.83 bits per heavy atom. The molecule has 7 heteroatoms. The van der Waals surface area contributed by atoms with Crippen molar-refractivity contribution in [3.05, 3.63) is 18.2 Å². The minimum absolute atomic E-state index is 0.209. The van der Waals surface area contributed by atoms with Crippen LogP contribution in [0.4, 0.5) is 5.69 Å². The number of sulfonamides is 1. The highest BCUT2D eigenvalue weighted by Gasteiger charge is 2.33. The molecule has 0 radical (unpaired) electrons. The molecular formula is C16H22N2O4S. The minimum Gasteiger partial charge on any atom is -0.479 e. The van der Waals surface area contributed by atoms with Gasteiger partial charge in [-0.25, -0.2) is 8.42 Å². The second kappa shape index (κ2) is 5.79. The fourth-order valence-electron chi connectivity index (χ4n) is 3.29. The molecule has 1 N–H and O–H groups in total. The predicted octanol–water partition coefficient (Wildman–Crippen LogP) is 2.07. The summed E-state index contributed by atoms with van der Waals surface area (Å²) in [6.07, 6.45) is 0.415. The first-order chi connectivity index (χ1) is 10.8. The monoisotopic (exact) mass is 338 g/mol. The molecule has 2 aliphatic rings. The summed E-state index contributed by atoms with van der Waals surface area (Å²) in [5.41, 5.74) is 0.507. The van der Waals surface area contributed by atoms with Crippen molar-refractivity contribution in [3.63, 3.8) is 0 Å². The van der Waals surface area contributed by atoms with Gasteiger partial charge in [0.15, 0.2) is 6.10 Å². The zero-order valence-electron chi connectivity index (χ0n) is 13.6. The Morgan fingerprint density at radius 1 is 1.17 bits per heavy atom. The first kappa shape index (κ1) is 16.3. The Hall–Kier alpha value is -1.60. The lowest BCUT2D eigenvalue weighted by Crippen LogP contribution is -2.42. The second-order valence-electron chi connectivity index (χ2n) is 6.68. The van der Waals surface area contributed by atoms with Crippen LogP contribution in [0.1, 0.15) is 27.2 Å². The lowest BCUT2D eigenvalue weighted by atomic mass is 9.94. The molecule has 1 fully saturated rings. The van der Waals surface area contributed by atoms with Gasteiger partial charge in [-0.1, -0.05) is 13.8 Å². The standard InChI is InChI=1S/C16H22N2O4S/c1-10-6-11(2)9-18(8-10)23(20,21)13-4-5-14-15(7-13)22-12(3)16(19)17-14/h4-5,7,10-12H,6,8-9H2,1-3H3,(H,17,19)/t10-,11+,12-/m1/s1. The van der Waals surface area contributed by atoms with Gasteiger partial charge in [0.1, 0.15) is 5.75 Å². The van der Waals surface area contributed by atoms with Crippen LogP contribution >= 0.6 is 0 Å². The van der Waals surface area contributed by atoms with Gasteiger partial charge in [-0.2, -0.15) is 4.31 Å². The summed E-state index contributed by atoms with van der Waals surface area (Å²) in [4.78, 5) is 11.8. The highest BCUT2D eigenvalue weighted by molar-refractivity contribution is 7.89. The lowest BCUT2D eigenvalue weighted by Gasteiger charge is -2.34. The smallest absolute Gasteiger partial charge is 0.265 e. The van der Waals surface area contributed by atoms with Gasteiger partial charge in [0.2, 0.25) is 10.0 Å². The number of ether oxygens (including phenoxy) is 1. The maximum absolute atomic E-state index is 12.9. The fraction of sp³-hybridized carbons (Fsp3) is 0.562. The van der Waals surface area contributed by atoms with Crippen molar-refractivity contribution in [1.82, 2.24) is 4.31 Å². The van der Waals surface area contributed by atoms with Crippen molar-refractivity contribution in [3.8, 4) is 5.75 Å². The molecule has 1 aromatic rings. The van der Waals surface area contributed by atoms with Crippen LogP contribution in [-0.2, 0) is 14.8 Å². The van der Waals surface area contributed by atoms with Gasteiger partial charge in [0.25, 0.3) is 5.91 Å². The Kier molecular flexibility index (Phi) is 4.10. The van der Waals surface area contributed by atoms with Gasteiger partial charge in [-0.05, 0) is 37.3 Å². The number of benzene rings is 1. The van der Waals surface area contributed by atoms with Crippen LogP contribution in [0.5, 0.6) is 5.75 Å². The van der Waals surface area contributed by atoms with E-state index in [4.69, 9.17) is 4.74 Å².